The topological polar surface area (TPSA) is 9.23 Å². The zero-order valence-corrected chi connectivity index (χ0v) is 13.1. The molecule has 0 radical (unpaired) electrons. The number of hydrogen-bond acceptors (Lipinski definition) is 1. The monoisotopic (exact) mass is 280 g/mol. The molecule has 0 N–H and O–H groups in total. The van der Waals surface area contributed by atoms with Crippen molar-refractivity contribution in [3.8, 4) is 5.75 Å². The minimum absolute atomic E-state index is 0.191. The summed E-state index contributed by atoms with van der Waals surface area (Å²) in [6.45, 7) is 2.19. The van der Waals surface area contributed by atoms with Crippen LogP contribution in [0.1, 0.15) is 48.8 Å². The Morgan fingerprint density at radius 1 is 0.857 bits per heavy atom. The summed E-state index contributed by atoms with van der Waals surface area (Å²) in [6.07, 6.45) is 6.51. The highest BCUT2D eigenvalue weighted by Gasteiger charge is 2.35. The molecule has 0 unspecified atom stereocenters. The Morgan fingerprint density at radius 2 is 1.57 bits per heavy atom. The molecule has 1 fully saturated rings. The second-order valence-electron chi connectivity index (χ2n) is 6.24. The third-order valence-corrected chi connectivity index (χ3v) is 4.92. The van der Waals surface area contributed by atoms with Crippen LogP contribution < -0.4 is 4.74 Å². The lowest BCUT2D eigenvalue weighted by Gasteiger charge is -2.39. The van der Waals surface area contributed by atoms with Crippen LogP contribution in [-0.4, -0.2) is 7.11 Å². The molecular weight excluding hydrogens is 256 g/mol. The quantitative estimate of drug-likeness (QED) is 0.745. The lowest BCUT2D eigenvalue weighted by molar-refractivity contribution is 0.345. The first-order chi connectivity index (χ1) is 10.2. The average Bonchev–Trinajstić information content (AvgIpc) is 2.55. The van der Waals surface area contributed by atoms with Crippen LogP contribution in [-0.2, 0) is 5.41 Å². The van der Waals surface area contributed by atoms with Crippen LogP contribution in [0.25, 0.3) is 0 Å². The maximum Gasteiger partial charge on any atom is 0.118 e. The Bertz CT molecular complexity index is 591. The summed E-state index contributed by atoms with van der Waals surface area (Å²) in [5, 5.41) is 0. The second kappa shape index (κ2) is 5.93. The summed E-state index contributed by atoms with van der Waals surface area (Å²) in [6, 6.07) is 17.8. The SMILES string of the molecule is COc1ccc(C2(c3cccc(C)c3)CCCCC2)cc1. The van der Waals surface area contributed by atoms with Crippen molar-refractivity contribution >= 4 is 0 Å². The summed E-state index contributed by atoms with van der Waals surface area (Å²) in [5.41, 5.74) is 4.46. The molecule has 2 aromatic carbocycles. The zero-order valence-electron chi connectivity index (χ0n) is 13.1. The first-order valence-corrected chi connectivity index (χ1v) is 7.96. The van der Waals surface area contributed by atoms with Gasteiger partial charge in [-0.25, -0.2) is 0 Å². The highest BCUT2D eigenvalue weighted by Crippen LogP contribution is 2.45. The van der Waals surface area contributed by atoms with Gasteiger partial charge in [0.1, 0.15) is 5.75 Å². The van der Waals surface area contributed by atoms with Crippen molar-refractivity contribution in [3.63, 3.8) is 0 Å². The van der Waals surface area contributed by atoms with E-state index in [1.165, 1.54) is 48.8 Å². The molecule has 0 amide bonds. The smallest absolute Gasteiger partial charge is 0.118 e. The van der Waals surface area contributed by atoms with Gasteiger partial charge in [-0.2, -0.15) is 0 Å². The van der Waals surface area contributed by atoms with E-state index in [0.29, 0.717) is 0 Å². The molecule has 0 atom stereocenters. The lowest BCUT2D eigenvalue weighted by Crippen LogP contribution is -2.30. The molecule has 110 valence electrons. The van der Waals surface area contributed by atoms with Gasteiger partial charge in [0.25, 0.3) is 0 Å². The molecule has 2 aromatic rings. The van der Waals surface area contributed by atoms with E-state index in [1.807, 2.05) is 0 Å². The Balaban J connectivity index is 2.07. The molecule has 1 aliphatic rings. The summed E-state index contributed by atoms with van der Waals surface area (Å²) in [4.78, 5) is 0. The van der Waals surface area contributed by atoms with Gasteiger partial charge in [-0.15, -0.1) is 0 Å². The van der Waals surface area contributed by atoms with Crippen molar-refractivity contribution in [3.05, 3.63) is 65.2 Å². The first kappa shape index (κ1) is 14.2. The zero-order chi connectivity index (χ0) is 14.7. The van der Waals surface area contributed by atoms with E-state index >= 15 is 0 Å². The van der Waals surface area contributed by atoms with Crippen LogP contribution >= 0.6 is 0 Å². The number of benzene rings is 2. The van der Waals surface area contributed by atoms with Gasteiger partial charge in [0.15, 0.2) is 0 Å². The molecule has 1 nitrogen and oxygen atoms in total. The predicted octanol–water partition coefficient (Wildman–Crippen LogP) is 5.25. The Kier molecular flexibility index (Phi) is 4.01. The maximum atomic E-state index is 5.31. The fraction of sp³-hybridized carbons (Fsp3) is 0.400. The van der Waals surface area contributed by atoms with Crippen molar-refractivity contribution in [1.29, 1.82) is 0 Å². The number of hydrogen-bond donors (Lipinski definition) is 0. The summed E-state index contributed by atoms with van der Waals surface area (Å²) < 4.78 is 5.31. The lowest BCUT2D eigenvalue weighted by atomic mass is 9.65. The molecule has 0 aliphatic heterocycles. The van der Waals surface area contributed by atoms with Crippen molar-refractivity contribution in [1.82, 2.24) is 0 Å². The normalized spacial score (nSPS) is 17.4. The number of methoxy groups -OCH3 is 1. The summed E-state index contributed by atoms with van der Waals surface area (Å²) >= 11 is 0. The van der Waals surface area contributed by atoms with E-state index in [0.717, 1.165) is 5.75 Å². The molecule has 1 saturated carbocycles. The van der Waals surface area contributed by atoms with E-state index in [9.17, 15) is 0 Å². The minimum Gasteiger partial charge on any atom is -0.497 e. The van der Waals surface area contributed by atoms with Crippen molar-refractivity contribution in [2.24, 2.45) is 0 Å². The van der Waals surface area contributed by atoms with E-state index in [2.05, 4.69) is 55.5 Å². The highest BCUT2D eigenvalue weighted by atomic mass is 16.5. The molecular formula is C20H24O. The van der Waals surface area contributed by atoms with Gasteiger partial charge in [0.2, 0.25) is 0 Å². The first-order valence-electron chi connectivity index (χ1n) is 7.96. The Morgan fingerprint density at radius 3 is 2.19 bits per heavy atom. The van der Waals surface area contributed by atoms with Crippen molar-refractivity contribution in [2.45, 2.75) is 44.4 Å². The van der Waals surface area contributed by atoms with Gasteiger partial charge in [-0.05, 0) is 43.0 Å². The number of ether oxygens (including phenoxy) is 1. The van der Waals surface area contributed by atoms with Gasteiger partial charge in [0, 0.05) is 5.41 Å². The molecule has 0 bridgehead atoms. The second-order valence-corrected chi connectivity index (χ2v) is 6.24. The van der Waals surface area contributed by atoms with Crippen molar-refractivity contribution in [2.75, 3.05) is 7.11 Å². The molecule has 21 heavy (non-hydrogen) atoms. The highest BCUT2D eigenvalue weighted by molar-refractivity contribution is 5.43. The largest absolute Gasteiger partial charge is 0.497 e. The number of aryl methyl sites for hydroxylation is 1. The van der Waals surface area contributed by atoms with Gasteiger partial charge >= 0.3 is 0 Å². The fourth-order valence-electron chi connectivity index (χ4n) is 3.75. The molecule has 0 spiro atoms. The maximum absolute atomic E-state index is 5.31. The minimum atomic E-state index is 0.191. The van der Waals surface area contributed by atoms with Gasteiger partial charge in [-0.3, -0.25) is 0 Å². The van der Waals surface area contributed by atoms with Crippen LogP contribution in [0.3, 0.4) is 0 Å². The fourth-order valence-corrected chi connectivity index (χ4v) is 3.75. The Hall–Kier alpha value is -1.76. The molecule has 0 saturated heterocycles. The van der Waals surface area contributed by atoms with Crippen LogP contribution in [0.2, 0.25) is 0 Å². The van der Waals surface area contributed by atoms with Gasteiger partial charge < -0.3 is 4.74 Å². The van der Waals surface area contributed by atoms with Gasteiger partial charge in [-0.1, -0.05) is 61.2 Å². The van der Waals surface area contributed by atoms with Crippen LogP contribution in [0.15, 0.2) is 48.5 Å². The molecule has 3 rings (SSSR count). The molecule has 0 aromatic heterocycles. The summed E-state index contributed by atoms with van der Waals surface area (Å²) in [7, 11) is 1.73. The number of rotatable bonds is 3. The molecule has 1 heteroatoms. The standard InChI is InChI=1S/C20H24O/c1-16-7-6-8-18(15-16)20(13-4-3-5-14-20)17-9-11-19(21-2)12-10-17/h6-12,15H,3-5,13-14H2,1-2H3. The average molecular weight is 280 g/mol. The predicted molar refractivity (Wildman–Crippen MR) is 88.0 cm³/mol. The van der Waals surface area contributed by atoms with Gasteiger partial charge in [0.05, 0.1) is 7.11 Å². The van der Waals surface area contributed by atoms with Crippen molar-refractivity contribution < 1.29 is 4.74 Å². The van der Waals surface area contributed by atoms with Crippen LogP contribution in [0.5, 0.6) is 5.75 Å². The van der Waals surface area contributed by atoms with Crippen LogP contribution in [0, 0.1) is 6.92 Å². The summed E-state index contributed by atoms with van der Waals surface area (Å²) in [5.74, 6) is 0.939. The van der Waals surface area contributed by atoms with E-state index in [-0.39, 0.29) is 5.41 Å². The van der Waals surface area contributed by atoms with E-state index < -0.39 is 0 Å². The molecule has 1 aliphatic carbocycles. The Labute approximate surface area is 128 Å². The van der Waals surface area contributed by atoms with E-state index in [4.69, 9.17) is 4.74 Å². The third kappa shape index (κ3) is 2.70. The molecule has 0 heterocycles. The van der Waals surface area contributed by atoms with E-state index in [1.54, 1.807) is 7.11 Å². The third-order valence-electron chi connectivity index (χ3n) is 4.92. The van der Waals surface area contributed by atoms with Crippen LogP contribution in [0.4, 0.5) is 0 Å².